The summed E-state index contributed by atoms with van der Waals surface area (Å²) in [7, 11) is 0. The molecule has 0 amide bonds. The van der Waals surface area contributed by atoms with E-state index in [2.05, 4.69) is 0 Å². The van der Waals surface area contributed by atoms with Crippen molar-refractivity contribution in [3.05, 3.63) is 39.4 Å². The van der Waals surface area contributed by atoms with E-state index in [1.165, 1.54) is 0 Å². The van der Waals surface area contributed by atoms with Crippen LogP contribution in [-0.2, 0) is 56.0 Å². The molecule has 6 nitrogen and oxygen atoms in total. The molecular formula is C6MnN6Zn2. The van der Waals surface area contributed by atoms with Gasteiger partial charge in [-0.05, 0) is 0 Å². The summed E-state index contributed by atoms with van der Waals surface area (Å²) < 4.78 is 0. The molecule has 0 saturated heterocycles. The monoisotopic (exact) mass is 339 g/mol. The van der Waals surface area contributed by atoms with E-state index in [-0.39, 0.29) is 56.0 Å². The summed E-state index contributed by atoms with van der Waals surface area (Å²) in [6, 6.07) is 0. The van der Waals surface area contributed by atoms with E-state index in [0.29, 0.717) is 0 Å². The Balaban J connectivity index is -0.00000000396. The summed E-state index contributed by atoms with van der Waals surface area (Å²) in [4.78, 5) is 0. The molecular weight excluding hydrogens is 342 g/mol. The molecule has 0 rings (SSSR count). The van der Waals surface area contributed by atoms with Crippen molar-refractivity contribution in [2.45, 2.75) is 0 Å². The second-order valence-corrected chi connectivity index (χ2v) is 0. The maximum absolute atomic E-state index is 6.25. The molecule has 0 aliphatic rings. The van der Waals surface area contributed by atoms with Gasteiger partial charge in [0.1, 0.15) is 0 Å². The predicted molar refractivity (Wildman–Crippen MR) is 29.8 cm³/mol. The van der Waals surface area contributed by atoms with Gasteiger partial charge in [0, 0.05) is 0 Å². The first kappa shape index (κ1) is 99.9. The van der Waals surface area contributed by atoms with E-state index in [9.17, 15) is 0 Å². The Morgan fingerprint density at radius 1 is 0.333 bits per heavy atom. The van der Waals surface area contributed by atoms with Gasteiger partial charge in [0.2, 0.25) is 0 Å². The van der Waals surface area contributed by atoms with Gasteiger partial charge in [-0.2, -0.15) is 0 Å². The predicted octanol–water partition coefficient (Wildman–Crippen LogP) is 0.571. The van der Waals surface area contributed by atoms with Crippen molar-refractivity contribution in [1.82, 2.24) is 0 Å². The van der Waals surface area contributed by atoms with E-state index in [4.69, 9.17) is 71.0 Å². The van der Waals surface area contributed by atoms with E-state index < -0.39 is 0 Å². The summed E-state index contributed by atoms with van der Waals surface area (Å²) in [6.45, 7) is 28.5. The zero-order valence-corrected chi connectivity index (χ0v) is 14.6. The third-order valence-corrected chi connectivity index (χ3v) is 0. The fraction of sp³-hybridized carbons (Fsp3) is 0. The number of hydrogen-bond acceptors (Lipinski definition) is 6. The molecule has 0 aliphatic carbocycles. The smallest absolute Gasteiger partial charge is 0.512 e. The first-order chi connectivity index (χ1) is 6.00. The van der Waals surface area contributed by atoms with E-state index in [1.54, 1.807) is 0 Å². The van der Waals surface area contributed by atoms with Gasteiger partial charge in [-0.25, -0.2) is 0 Å². The van der Waals surface area contributed by atoms with Gasteiger partial charge in [-0.15, -0.1) is 0 Å². The average Bonchev–Trinajstić information content (AvgIpc) is 2.33. The Labute approximate surface area is 126 Å². The Hall–Kier alpha value is -1.29. The van der Waals surface area contributed by atoms with Crippen molar-refractivity contribution in [2.75, 3.05) is 0 Å². The summed E-state index contributed by atoms with van der Waals surface area (Å²) >= 11 is 0. The first-order valence-corrected chi connectivity index (χ1v) is 1.34. The average molecular weight is 342 g/mol. The van der Waals surface area contributed by atoms with Crippen LogP contribution in [0.3, 0.4) is 0 Å². The molecule has 0 saturated carbocycles. The molecule has 0 N–H and O–H groups in total. The normalized spacial score (nSPS) is 0.800. The van der Waals surface area contributed by atoms with Crippen LogP contribution in [0, 0.1) is 71.0 Å². The van der Waals surface area contributed by atoms with Crippen LogP contribution in [0.15, 0.2) is 0 Å². The summed E-state index contributed by atoms with van der Waals surface area (Å²) in [5, 5.41) is 37.5. The second-order valence-electron chi connectivity index (χ2n) is 0. The standard InChI is InChI=1S/6CN.Mn.2Zn/c6*1-2;;;/q6*-1;3*+2. The maximum Gasteiger partial charge on any atom is 2.00 e. The van der Waals surface area contributed by atoms with Crippen LogP contribution in [0.5, 0.6) is 0 Å². The topological polar surface area (TPSA) is 143 Å². The van der Waals surface area contributed by atoms with Gasteiger partial charge in [-0.1, -0.05) is 0 Å². The Bertz CT molecular complexity index is 101. The maximum atomic E-state index is 6.25. The molecule has 15 heavy (non-hydrogen) atoms. The van der Waals surface area contributed by atoms with Crippen molar-refractivity contribution >= 4 is 0 Å². The quantitative estimate of drug-likeness (QED) is 0.465. The number of hydrogen-bond donors (Lipinski definition) is 0. The minimum absolute atomic E-state index is 0. The van der Waals surface area contributed by atoms with Gasteiger partial charge in [0.05, 0.1) is 0 Å². The van der Waals surface area contributed by atoms with Crippen molar-refractivity contribution in [1.29, 1.82) is 31.6 Å². The largest absolute Gasteiger partial charge is 2.00 e. The van der Waals surface area contributed by atoms with Crippen molar-refractivity contribution in [3.8, 4) is 0 Å². The zero-order valence-electron chi connectivity index (χ0n) is 7.48. The van der Waals surface area contributed by atoms with Gasteiger partial charge in [0.15, 0.2) is 0 Å². The molecule has 0 unspecified atom stereocenters. The Morgan fingerprint density at radius 2 is 0.333 bits per heavy atom. The molecule has 0 heterocycles. The molecule has 1 radical (unpaired) electrons. The van der Waals surface area contributed by atoms with E-state index >= 15 is 0 Å². The molecule has 0 aromatic rings. The Morgan fingerprint density at radius 3 is 0.333 bits per heavy atom. The molecule has 0 fully saturated rings. The third kappa shape index (κ3) is 870. The van der Waals surface area contributed by atoms with Crippen molar-refractivity contribution in [3.63, 3.8) is 0 Å². The van der Waals surface area contributed by atoms with Gasteiger partial charge in [0.25, 0.3) is 0 Å². The van der Waals surface area contributed by atoms with Gasteiger partial charge in [-0.3, -0.25) is 0 Å². The summed E-state index contributed by atoms with van der Waals surface area (Å²) in [6.07, 6.45) is 0. The number of rotatable bonds is 0. The fourth-order valence-electron chi connectivity index (χ4n) is 0. The molecule has 0 spiro atoms. The van der Waals surface area contributed by atoms with Crippen molar-refractivity contribution in [2.24, 2.45) is 0 Å². The summed E-state index contributed by atoms with van der Waals surface area (Å²) in [5.41, 5.74) is 0. The molecule has 65 valence electrons. The molecule has 9 heteroatoms. The first-order valence-electron chi connectivity index (χ1n) is 1.34. The van der Waals surface area contributed by atoms with E-state index in [0.717, 1.165) is 0 Å². The molecule has 0 aromatic carbocycles. The Kier molecular flexibility index (Phi) is 6930. The van der Waals surface area contributed by atoms with Gasteiger partial charge < -0.3 is 71.0 Å². The van der Waals surface area contributed by atoms with Gasteiger partial charge >= 0.3 is 56.0 Å². The number of nitrogens with zero attached hydrogens (tertiary/aromatic N) is 6. The second kappa shape index (κ2) is 1040. The summed E-state index contributed by atoms with van der Waals surface area (Å²) in [5.74, 6) is 0. The van der Waals surface area contributed by atoms with Crippen LogP contribution < -0.4 is 0 Å². The van der Waals surface area contributed by atoms with E-state index in [1.807, 2.05) is 0 Å². The third-order valence-electron chi connectivity index (χ3n) is 0. The van der Waals surface area contributed by atoms with Crippen LogP contribution in [0.1, 0.15) is 0 Å². The zero-order chi connectivity index (χ0) is 12.0. The van der Waals surface area contributed by atoms with Crippen molar-refractivity contribution < 1.29 is 56.0 Å². The van der Waals surface area contributed by atoms with Crippen LogP contribution in [0.4, 0.5) is 0 Å². The van der Waals surface area contributed by atoms with Crippen LogP contribution >= 0.6 is 0 Å². The minimum atomic E-state index is 0. The van der Waals surface area contributed by atoms with Crippen LogP contribution in [-0.4, -0.2) is 0 Å². The molecule has 0 aromatic heterocycles. The minimum Gasteiger partial charge on any atom is -0.512 e. The fourth-order valence-corrected chi connectivity index (χ4v) is 0. The van der Waals surface area contributed by atoms with Crippen LogP contribution in [0.25, 0.3) is 0 Å². The SMILES string of the molecule is [C-]#N.[C-]#N.[C-]#N.[C-]#N.[C-]#N.[C-]#N.[Mn+2].[Zn+2].[Zn+2]. The van der Waals surface area contributed by atoms with Crippen LogP contribution in [0.2, 0.25) is 0 Å². The molecule has 0 aliphatic heterocycles. The molecule has 0 atom stereocenters. The molecule has 0 bridgehead atoms.